The molecule has 3 rings (SSSR count). The number of nitrogens with zero attached hydrogens (tertiary/aromatic N) is 2. The van der Waals surface area contributed by atoms with E-state index in [1.165, 1.54) is 5.56 Å². The monoisotopic (exact) mass is 254 g/mol. The summed E-state index contributed by atoms with van der Waals surface area (Å²) in [6.45, 7) is 0.722. The molecule has 3 aromatic rings. The molecule has 2 aromatic carbocycles. The minimum absolute atomic E-state index is 0.181. The SMILES string of the molecule is CN(Cc1ccccc1)c1nc2ccc(O)cc2o1. The highest BCUT2D eigenvalue weighted by Gasteiger charge is 2.11. The van der Waals surface area contributed by atoms with Gasteiger partial charge >= 0.3 is 0 Å². The first-order valence-electron chi connectivity index (χ1n) is 6.07. The molecule has 0 bridgehead atoms. The van der Waals surface area contributed by atoms with E-state index in [1.807, 2.05) is 30.1 Å². The number of phenols is 1. The maximum atomic E-state index is 9.41. The zero-order valence-corrected chi connectivity index (χ0v) is 10.6. The van der Waals surface area contributed by atoms with Crippen molar-refractivity contribution >= 4 is 17.1 Å². The summed E-state index contributed by atoms with van der Waals surface area (Å²) in [5, 5.41) is 9.41. The van der Waals surface area contributed by atoms with Gasteiger partial charge in [0.2, 0.25) is 0 Å². The summed E-state index contributed by atoms with van der Waals surface area (Å²) in [5.41, 5.74) is 2.53. The van der Waals surface area contributed by atoms with E-state index in [1.54, 1.807) is 18.2 Å². The number of hydrogen-bond donors (Lipinski definition) is 1. The summed E-state index contributed by atoms with van der Waals surface area (Å²) >= 11 is 0. The third-order valence-electron chi connectivity index (χ3n) is 2.95. The van der Waals surface area contributed by atoms with Gasteiger partial charge in [-0.05, 0) is 17.7 Å². The van der Waals surface area contributed by atoms with E-state index < -0.39 is 0 Å². The minimum atomic E-state index is 0.181. The molecule has 1 aromatic heterocycles. The fraction of sp³-hybridized carbons (Fsp3) is 0.133. The molecule has 4 nitrogen and oxygen atoms in total. The normalized spacial score (nSPS) is 10.8. The third-order valence-corrected chi connectivity index (χ3v) is 2.95. The van der Waals surface area contributed by atoms with Crippen molar-refractivity contribution in [1.29, 1.82) is 0 Å². The summed E-state index contributed by atoms with van der Waals surface area (Å²) in [6.07, 6.45) is 0. The average Bonchev–Trinajstić information content (AvgIpc) is 2.83. The molecule has 19 heavy (non-hydrogen) atoms. The Kier molecular flexibility index (Phi) is 2.83. The van der Waals surface area contributed by atoms with Crippen molar-refractivity contribution in [2.24, 2.45) is 0 Å². The van der Waals surface area contributed by atoms with Crippen molar-refractivity contribution in [2.75, 3.05) is 11.9 Å². The van der Waals surface area contributed by atoms with E-state index in [0.717, 1.165) is 12.1 Å². The van der Waals surface area contributed by atoms with E-state index in [0.29, 0.717) is 11.6 Å². The Labute approximate surface area is 110 Å². The molecule has 0 aliphatic heterocycles. The van der Waals surface area contributed by atoms with Gasteiger partial charge in [0.1, 0.15) is 11.3 Å². The molecular weight excluding hydrogens is 240 g/mol. The zero-order valence-electron chi connectivity index (χ0n) is 10.6. The van der Waals surface area contributed by atoms with Crippen LogP contribution in [-0.2, 0) is 6.54 Å². The zero-order chi connectivity index (χ0) is 13.2. The predicted molar refractivity (Wildman–Crippen MR) is 74.2 cm³/mol. The fourth-order valence-electron chi connectivity index (χ4n) is 1.99. The van der Waals surface area contributed by atoms with Crippen LogP contribution in [0.25, 0.3) is 11.1 Å². The van der Waals surface area contributed by atoms with E-state index in [2.05, 4.69) is 17.1 Å². The molecule has 0 aliphatic rings. The van der Waals surface area contributed by atoms with Gasteiger partial charge in [0.15, 0.2) is 5.58 Å². The number of rotatable bonds is 3. The maximum absolute atomic E-state index is 9.41. The Hall–Kier alpha value is -2.49. The number of aromatic nitrogens is 1. The number of aromatic hydroxyl groups is 1. The molecule has 0 fully saturated rings. The minimum Gasteiger partial charge on any atom is -0.508 e. The van der Waals surface area contributed by atoms with Crippen molar-refractivity contribution in [1.82, 2.24) is 4.98 Å². The second-order valence-electron chi connectivity index (χ2n) is 4.49. The number of benzene rings is 2. The summed E-state index contributed by atoms with van der Waals surface area (Å²) in [7, 11) is 1.93. The number of hydrogen-bond acceptors (Lipinski definition) is 4. The first kappa shape index (κ1) is 11.6. The van der Waals surface area contributed by atoms with Crippen LogP contribution < -0.4 is 4.90 Å². The molecule has 0 saturated heterocycles. The lowest BCUT2D eigenvalue weighted by Crippen LogP contribution is -2.16. The molecule has 0 unspecified atom stereocenters. The average molecular weight is 254 g/mol. The molecule has 0 saturated carbocycles. The third kappa shape index (κ3) is 2.38. The number of anilines is 1. The van der Waals surface area contributed by atoms with Gasteiger partial charge in [-0.3, -0.25) is 0 Å². The molecule has 0 radical (unpaired) electrons. The van der Waals surface area contributed by atoms with E-state index >= 15 is 0 Å². The summed E-state index contributed by atoms with van der Waals surface area (Å²) in [5.74, 6) is 0.181. The fourth-order valence-corrected chi connectivity index (χ4v) is 1.99. The van der Waals surface area contributed by atoms with Crippen LogP contribution in [0, 0.1) is 0 Å². The van der Waals surface area contributed by atoms with Gasteiger partial charge < -0.3 is 14.4 Å². The molecule has 0 amide bonds. The van der Waals surface area contributed by atoms with Gasteiger partial charge in [-0.2, -0.15) is 4.98 Å². The van der Waals surface area contributed by atoms with Crippen LogP contribution in [0.3, 0.4) is 0 Å². The molecule has 1 N–H and O–H groups in total. The highest BCUT2D eigenvalue weighted by atomic mass is 16.4. The predicted octanol–water partition coefficient (Wildman–Crippen LogP) is 3.17. The number of oxazole rings is 1. The number of phenolic OH excluding ortho intramolecular Hbond substituents is 1. The lowest BCUT2D eigenvalue weighted by molar-refractivity contribution is 0.474. The van der Waals surface area contributed by atoms with Crippen molar-refractivity contribution in [3.05, 3.63) is 54.1 Å². The van der Waals surface area contributed by atoms with Crippen molar-refractivity contribution in [3.8, 4) is 5.75 Å². The van der Waals surface area contributed by atoms with Crippen LogP contribution in [-0.4, -0.2) is 17.1 Å². The topological polar surface area (TPSA) is 49.5 Å². The molecule has 1 heterocycles. The second kappa shape index (κ2) is 4.65. The Morgan fingerprint density at radius 3 is 2.74 bits per heavy atom. The van der Waals surface area contributed by atoms with Crippen LogP contribution in [0.15, 0.2) is 52.9 Å². The van der Waals surface area contributed by atoms with Crippen LogP contribution in [0.2, 0.25) is 0 Å². The largest absolute Gasteiger partial charge is 0.508 e. The molecule has 96 valence electrons. The van der Waals surface area contributed by atoms with Gasteiger partial charge in [0.25, 0.3) is 6.01 Å². The molecule has 0 spiro atoms. The van der Waals surface area contributed by atoms with Gasteiger partial charge in [0, 0.05) is 19.7 Å². The van der Waals surface area contributed by atoms with Crippen molar-refractivity contribution in [2.45, 2.75) is 6.54 Å². The van der Waals surface area contributed by atoms with Gasteiger partial charge in [-0.15, -0.1) is 0 Å². The first-order chi connectivity index (χ1) is 9.22. The van der Waals surface area contributed by atoms with Gasteiger partial charge in [-0.25, -0.2) is 0 Å². The van der Waals surface area contributed by atoms with Gasteiger partial charge in [-0.1, -0.05) is 30.3 Å². The maximum Gasteiger partial charge on any atom is 0.298 e. The highest BCUT2D eigenvalue weighted by molar-refractivity contribution is 5.76. The van der Waals surface area contributed by atoms with Crippen LogP contribution >= 0.6 is 0 Å². The molecule has 0 aliphatic carbocycles. The van der Waals surface area contributed by atoms with Crippen molar-refractivity contribution in [3.63, 3.8) is 0 Å². The van der Waals surface area contributed by atoms with Crippen molar-refractivity contribution < 1.29 is 9.52 Å². The Bertz CT molecular complexity index is 692. The quantitative estimate of drug-likeness (QED) is 0.780. The Morgan fingerprint density at radius 2 is 1.95 bits per heavy atom. The lowest BCUT2D eigenvalue weighted by Gasteiger charge is -2.13. The van der Waals surface area contributed by atoms with Gasteiger partial charge in [0.05, 0.1) is 0 Å². The smallest absolute Gasteiger partial charge is 0.298 e. The summed E-state index contributed by atoms with van der Waals surface area (Å²) < 4.78 is 5.64. The van der Waals surface area contributed by atoms with Crippen LogP contribution in [0.4, 0.5) is 6.01 Å². The van der Waals surface area contributed by atoms with E-state index in [9.17, 15) is 5.11 Å². The Morgan fingerprint density at radius 1 is 1.16 bits per heavy atom. The first-order valence-corrected chi connectivity index (χ1v) is 6.07. The Balaban J connectivity index is 1.87. The lowest BCUT2D eigenvalue weighted by atomic mass is 10.2. The molecule has 4 heteroatoms. The van der Waals surface area contributed by atoms with Crippen LogP contribution in [0.5, 0.6) is 5.75 Å². The molecular formula is C15H14N2O2. The summed E-state index contributed by atoms with van der Waals surface area (Å²) in [4.78, 5) is 6.33. The highest BCUT2D eigenvalue weighted by Crippen LogP contribution is 2.25. The van der Waals surface area contributed by atoms with Crippen LogP contribution in [0.1, 0.15) is 5.56 Å². The van der Waals surface area contributed by atoms with E-state index in [4.69, 9.17) is 4.42 Å². The van der Waals surface area contributed by atoms with E-state index in [-0.39, 0.29) is 5.75 Å². The summed E-state index contributed by atoms with van der Waals surface area (Å²) in [6, 6.07) is 15.6. The molecule has 0 atom stereocenters. The second-order valence-corrected chi connectivity index (χ2v) is 4.49. The number of fused-ring (bicyclic) bond motifs is 1. The standard InChI is InChI=1S/C15H14N2O2/c1-17(10-11-5-3-2-4-6-11)15-16-13-8-7-12(18)9-14(13)19-15/h2-9,18H,10H2,1H3.